The molecule has 0 aliphatic carbocycles. The van der Waals surface area contributed by atoms with Gasteiger partial charge in [-0.1, -0.05) is 19.1 Å². The van der Waals surface area contributed by atoms with Gasteiger partial charge in [0.05, 0.1) is 0 Å². The molecule has 72 valence electrons. The fourth-order valence-electron chi connectivity index (χ4n) is 1.31. The van der Waals surface area contributed by atoms with Gasteiger partial charge in [0.1, 0.15) is 0 Å². The van der Waals surface area contributed by atoms with Gasteiger partial charge in [-0.3, -0.25) is 14.5 Å². The van der Waals surface area contributed by atoms with Crippen LogP contribution in [0.15, 0.2) is 12.2 Å². The minimum Gasteiger partial charge on any atom is -0.275 e. The van der Waals surface area contributed by atoms with E-state index in [0.29, 0.717) is 6.54 Å². The summed E-state index contributed by atoms with van der Waals surface area (Å²) in [4.78, 5) is 23.5. The van der Waals surface area contributed by atoms with Crippen LogP contribution in [0.3, 0.4) is 0 Å². The lowest BCUT2D eigenvalue weighted by Crippen LogP contribution is -2.31. The Balaban J connectivity index is 2.30. The van der Waals surface area contributed by atoms with Gasteiger partial charge in [-0.25, -0.2) is 0 Å². The van der Waals surface area contributed by atoms with Gasteiger partial charge in [0.2, 0.25) is 0 Å². The zero-order chi connectivity index (χ0) is 9.84. The highest BCUT2D eigenvalue weighted by molar-refractivity contribution is 6.55. The minimum atomic E-state index is -0.541. The van der Waals surface area contributed by atoms with E-state index in [4.69, 9.17) is 0 Å². The molecule has 0 saturated heterocycles. The molecule has 0 radical (unpaired) electrons. The molecule has 13 heavy (non-hydrogen) atoms. The topological polar surface area (TPSA) is 37.4 Å². The van der Waals surface area contributed by atoms with Crippen LogP contribution in [0.2, 0.25) is 19.1 Å². The Morgan fingerprint density at radius 1 is 1.23 bits per heavy atom. The van der Waals surface area contributed by atoms with Gasteiger partial charge < -0.3 is 0 Å². The van der Waals surface area contributed by atoms with Crippen LogP contribution in [0.1, 0.15) is 6.42 Å². The van der Waals surface area contributed by atoms with Crippen molar-refractivity contribution in [3.8, 4) is 0 Å². The van der Waals surface area contributed by atoms with Crippen molar-refractivity contribution in [2.75, 3.05) is 6.54 Å². The summed E-state index contributed by atoms with van der Waals surface area (Å²) in [5.41, 5.74) is 0. The van der Waals surface area contributed by atoms with E-state index in [0.717, 1.165) is 6.42 Å². The molecule has 0 aromatic heterocycles. The molecule has 0 aromatic rings. The summed E-state index contributed by atoms with van der Waals surface area (Å²) < 4.78 is 0. The predicted octanol–water partition coefficient (Wildman–Crippen LogP) is 0.788. The summed E-state index contributed by atoms with van der Waals surface area (Å²) in [6.07, 6.45) is 3.65. The Morgan fingerprint density at radius 3 is 2.23 bits per heavy atom. The predicted molar refractivity (Wildman–Crippen MR) is 54.2 cm³/mol. The van der Waals surface area contributed by atoms with E-state index in [1.165, 1.54) is 23.1 Å². The van der Waals surface area contributed by atoms with Crippen LogP contribution in [0, 0.1) is 0 Å². The number of imide groups is 1. The fourth-order valence-corrected chi connectivity index (χ4v) is 2.31. The van der Waals surface area contributed by atoms with Crippen LogP contribution in [0.5, 0.6) is 0 Å². The smallest absolute Gasteiger partial charge is 0.253 e. The zero-order valence-electron chi connectivity index (χ0n) is 8.12. The van der Waals surface area contributed by atoms with Crippen molar-refractivity contribution >= 4 is 20.6 Å². The number of hydrogen-bond donors (Lipinski definition) is 0. The molecule has 1 heterocycles. The first-order valence-electron chi connectivity index (χ1n) is 4.65. The number of nitrogens with zero attached hydrogens (tertiary/aromatic N) is 1. The Bertz CT molecular complexity index is 230. The molecule has 1 rings (SSSR count). The zero-order valence-corrected chi connectivity index (χ0v) is 9.27. The van der Waals surface area contributed by atoms with Crippen LogP contribution < -0.4 is 0 Å². The monoisotopic (exact) mass is 197 g/mol. The molecule has 0 unspecified atom stereocenters. The summed E-state index contributed by atoms with van der Waals surface area (Å²) >= 11 is 0. The molecule has 1 aliphatic heterocycles. The Kier molecular flexibility index (Phi) is 3.42. The van der Waals surface area contributed by atoms with E-state index in [-0.39, 0.29) is 11.8 Å². The van der Waals surface area contributed by atoms with E-state index in [9.17, 15) is 9.59 Å². The van der Waals surface area contributed by atoms with Crippen LogP contribution in [-0.2, 0) is 9.59 Å². The van der Waals surface area contributed by atoms with E-state index >= 15 is 0 Å². The number of carbonyl (C=O) groups is 2. The van der Waals surface area contributed by atoms with Crippen LogP contribution in [0.25, 0.3) is 0 Å². The first-order chi connectivity index (χ1) is 6.11. The molecule has 3 nitrogen and oxygen atoms in total. The molecule has 0 bridgehead atoms. The molecule has 4 heteroatoms. The molecular weight excluding hydrogens is 182 g/mol. The van der Waals surface area contributed by atoms with Crippen LogP contribution >= 0.6 is 0 Å². The fraction of sp³-hybridized carbons (Fsp3) is 0.556. The number of carbonyl (C=O) groups excluding carboxylic acids is 2. The molecular formula is C9H15NO2Si. The van der Waals surface area contributed by atoms with Crippen molar-refractivity contribution in [3.63, 3.8) is 0 Å². The average Bonchev–Trinajstić information content (AvgIpc) is 2.34. The maximum Gasteiger partial charge on any atom is 0.253 e. The summed E-state index contributed by atoms with van der Waals surface area (Å²) in [7, 11) is -0.541. The average molecular weight is 197 g/mol. The second-order valence-electron chi connectivity index (χ2n) is 3.70. The maximum absolute atomic E-state index is 11.1. The van der Waals surface area contributed by atoms with E-state index in [1.54, 1.807) is 0 Å². The Morgan fingerprint density at radius 2 is 1.77 bits per heavy atom. The van der Waals surface area contributed by atoms with Gasteiger partial charge >= 0.3 is 0 Å². The normalized spacial score (nSPS) is 16.4. The van der Waals surface area contributed by atoms with E-state index in [1.807, 2.05) is 0 Å². The second kappa shape index (κ2) is 4.37. The molecule has 2 amide bonds. The summed E-state index contributed by atoms with van der Waals surface area (Å²) in [5.74, 6) is -0.314. The van der Waals surface area contributed by atoms with E-state index in [2.05, 4.69) is 13.1 Å². The third-order valence-electron chi connectivity index (χ3n) is 2.06. The van der Waals surface area contributed by atoms with Crippen LogP contribution in [-0.4, -0.2) is 32.1 Å². The lowest BCUT2D eigenvalue weighted by atomic mass is 10.4. The van der Waals surface area contributed by atoms with Crippen molar-refractivity contribution < 1.29 is 9.59 Å². The highest BCUT2D eigenvalue weighted by atomic mass is 28.3. The highest BCUT2D eigenvalue weighted by Gasteiger charge is 2.22. The summed E-state index contributed by atoms with van der Waals surface area (Å²) in [5, 5.41) is 0. The molecule has 0 N–H and O–H groups in total. The third kappa shape index (κ3) is 2.80. The van der Waals surface area contributed by atoms with Gasteiger partial charge in [0.25, 0.3) is 11.8 Å². The number of amides is 2. The largest absolute Gasteiger partial charge is 0.275 e. The van der Waals surface area contributed by atoms with Crippen molar-refractivity contribution in [3.05, 3.63) is 12.2 Å². The maximum atomic E-state index is 11.1. The summed E-state index contributed by atoms with van der Waals surface area (Å²) in [6, 6.07) is 1.19. The first kappa shape index (κ1) is 10.2. The molecule has 0 fully saturated rings. The number of hydrogen-bond acceptors (Lipinski definition) is 2. The van der Waals surface area contributed by atoms with Crippen molar-refractivity contribution in [1.29, 1.82) is 0 Å². The van der Waals surface area contributed by atoms with Gasteiger partial charge in [0, 0.05) is 27.5 Å². The first-order valence-corrected chi connectivity index (χ1v) is 7.77. The molecule has 0 atom stereocenters. The lowest BCUT2D eigenvalue weighted by molar-refractivity contribution is -0.136. The second-order valence-corrected chi connectivity index (χ2v) is 7.06. The van der Waals surface area contributed by atoms with Crippen molar-refractivity contribution in [2.45, 2.75) is 25.6 Å². The molecule has 0 aromatic carbocycles. The standard InChI is InChI=1S/C9H15NO2Si/c1-13(2)7-3-6-10-8(11)4-5-9(10)12/h4-5,13H,3,6-7H2,1-2H3. The number of rotatable bonds is 4. The van der Waals surface area contributed by atoms with E-state index < -0.39 is 8.80 Å². The minimum absolute atomic E-state index is 0.157. The highest BCUT2D eigenvalue weighted by Crippen LogP contribution is 2.06. The molecule has 0 saturated carbocycles. The van der Waals surface area contributed by atoms with Crippen molar-refractivity contribution in [2.24, 2.45) is 0 Å². The summed E-state index contributed by atoms with van der Waals surface area (Å²) in [6.45, 7) is 5.13. The van der Waals surface area contributed by atoms with Gasteiger partial charge in [-0.15, -0.1) is 0 Å². The van der Waals surface area contributed by atoms with Gasteiger partial charge in [0.15, 0.2) is 0 Å². The Hall–Kier alpha value is -0.903. The SMILES string of the molecule is C[SiH](C)CCCN1C(=O)C=CC1=O. The van der Waals surface area contributed by atoms with Gasteiger partial charge in [-0.2, -0.15) is 0 Å². The van der Waals surface area contributed by atoms with Crippen molar-refractivity contribution in [1.82, 2.24) is 4.90 Å². The quantitative estimate of drug-likeness (QED) is 0.493. The molecule has 0 spiro atoms. The lowest BCUT2D eigenvalue weighted by Gasteiger charge is -2.13. The molecule has 1 aliphatic rings. The van der Waals surface area contributed by atoms with Gasteiger partial charge in [-0.05, 0) is 6.42 Å². The Labute approximate surface area is 80.0 Å². The van der Waals surface area contributed by atoms with Crippen LogP contribution in [0.4, 0.5) is 0 Å². The third-order valence-corrected chi connectivity index (χ3v) is 3.63.